The number of aliphatic hydroxyl groups is 1. The van der Waals surface area contributed by atoms with E-state index in [0.717, 1.165) is 6.92 Å². The Hall–Kier alpha value is -2.90. The monoisotopic (exact) mass is 548 g/mol. The Morgan fingerprint density at radius 1 is 1.19 bits per heavy atom. The zero-order chi connectivity index (χ0) is 27.4. The molecule has 0 radical (unpaired) electrons. The second kappa shape index (κ2) is 9.76. The van der Waals surface area contributed by atoms with Gasteiger partial charge in [-0.15, -0.1) is 0 Å². The minimum absolute atomic E-state index is 0.00167. The van der Waals surface area contributed by atoms with E-state index >= 15 is 0 Å². The van der Waals surface area contributed by atoms with E-state index in [1.165, 1.54) is 28.8 Å². The lowest BCUT2D eigenvalue weighted by atomic mass is 9.85. The molecule has 1 aliphatic rings. The smallest absolute Gasteiger partial charge is 0.270 e. The van der Waals surface area contributed by atoms with E-state index in [-0.39, 0.29) is 55.9 Å². The van der Waals surface area contributed by atoms with Gasteiger partial charge in [0.25, 0.3) is 11.8 Å². The molecule has 0 bridgehead atoms. The number of allylic oxidation sites excluding steroid dienone is 1. The van der Waals surface area contributed by atoms with Crippen LogP contribution in [0.3, 0.4) is 0 Å². The molecule has 1 saturated heterocycles. The molecule has 2 atom stereocenters. The minimum Gasteiger partial charge on any atom is -0.513 e. The first-order valence-electron chi connectivity index (χ1n) is 11.9. The molecule has 1 aliphatic heterocycles. The Kier molecular flexibility index (Phi) is 7.16. The average molecular weight is 549 g/mol. The summed E-state index contributed by atoms with van der Waals surface area (Å²) < 4.78 is 29.6. The van der Waals surface area contributed by atoms with Gasteiger partial charge >= 0.3 is 0 Å². The van der Waals surface area contributed by atoms with Crippen molar-refractivity contribution in [3.8, 4) is 0 Å². The normalized spacial score (nSPS) is 18.3. The predicted molar refractivity (Wildman–Crippen MR) is 142 cm³/mol. The second-order valence-electron chi connectivity index (χ2n) is 9.93. The van der Waals surface area contributed by atoms with Crippen molar-refractivity contribution in [2.24, 2.45) is 18.9 Å². The molecule has 1 aromatic heterocycles. The van der Waals surface area contributed by atoms with Gasteiger partial charge in [-0.1, -0.05) is 36.7 Å². The number of likely N-dealkylation sites (tertiary alicyclic amines) is 1. The Labute approximate surface area is 224 Å². The van der Waals surface area contributed by atoms with Crippen molar-refractivity contribution in [3.63, 3.8) is 0 Å². The molecule has 3 aromatic rings. The SMILES string of the molecule is C=C(O)[C@H]1CCN(C(=O)c2ccc(Cl)c(C(=O)c3cc4c(C)cc(C(C)(F)F)cc4n3C)c2Cl)C[C@H]1C. The highest BCUT2D eigenvalue weighted by Gasteiger charge is 2.33. The molecular formula is C28H28Cl2F2N2O3. The summed E-state index contributed by atoms with van der Waals surface area (Å²) in [6.07, 6.45) is 0.563. The summed E-state index contributed by atoms with van der Waals surface area (Å²) in [5.74, 6) is -3.88. The van der Waals surface area contributed by atoms with E-state index in [0.29, 0.717) is 36.0 Å². The van der Waals surface area contributed by atoms with Gasteiger partial charge in [-0.3, -0.25) is 9.59 Å². The van der Waals surface area contributed by atoms with Gasteiger partial charge < -0.3 is 14.6 Å². The molecule has 0 unspecified atom stereocenters. The fraction of sp³-hybridized carbons (Fsp3) is 0.357. The van der Waals surface area contributed by atoms with Crippen LogP contribution in [-0.4, -0.2) is 39.4 Å². The number of alkyl halides is 2. The number of rotatable bonds is 5. The molecule has 196 valence electrons. The molecule has 5 nitrogen and oxygen atoms in total. The first-order chi connectivity index (χ1) is 17.2. The lowest BCUT2D eigenvalue weighted by Gasteiger charge is -2.36. The van der Waals surface area contributed by atoms with Crippen molar-refractivity contribution >= 4 is 45.8 Å². The van der Waals surface area contributed by atoms with Crippen LogP contribution in [0.25, 0.3) is 10.9 Å². The number of carbonyl (C=O) groups excluding carboxylic acids is 2. The number of aliphatic hydroxyl groups excluding tert-OH is 1. The van der Waals surface area contributed by atoms with Gasteiger partial charge in [0, 0.05) is 49.4 Å². The minimum atomic E-state index is -3.04. The summed E-state index contributed by atoms with van der Waals surface area (Å²) in [6.45, 7) is 8.91. The van der Waals surface area contributed by atoms with Crippen LogP contribution in [0.4, 0.5) is 8.78 Å². The van der Waals surface area contributed by atoms with Crippen molar-refractivity contribution in [2.45, 2.75) is 33.1 Å². The number of hydrogen-bond donors (Lipinski definition) is 1. The van der Waals surface area contributed by atoms with Crippen LogP contribution < -0.4 is 0 Å². The third-order valence-electron chi connectivity index (χ3n) is 7.28. The molecule has 37 heavy (non-hydrogen) atoms. The maximum absolute atomic E-state index is 14.0. The van der Waals surface area contributed by atoms with Crippen molar-refractivity contribution in [1.82, 2.24) is 9.47 Å². The summed E-state index contributed by atoms with van der Waals surface area (Å²) in [5.41, 5.74) is 1.26. The number of benzene rings is 2. The molecule has 1 fully saturated rings. The Morgan fingerprint density at radius 3 is 2.46 bits per heavy atom. The number of nitrogens with zero attached hydrogens (tertiary/aromatic N) is 2. The Bertz CT molecular complexity index is 1440. The van der Waals surface area contributed by atoms with E-state index in [2.05, 4.69) is 6.58 Å². The van der Waals surface area contributed by atoms with Gasteiger partial charge in [-0.2, -0.15) is 0 Å². The van der Waals surface area contributed by atoms with Crippen LogP contribution in [0.15, 0.2) is 42.7 Å². The number of amides is 1. The fourth-order valence-electron chi connectivity index (χ4n) is 5.13. The first kappa shape index (κ1) is 27.1. The van der Waals surface area contributed by atoms with Crippen LogP contribution >= 0.6 is 23.2 Å². The zero-order valence-corrected chi connectivity index (χ0v) is 22.6. The molecule has 9 heteroatoms. The predicted octanol–water partition coefficient (Wildman–Crippen LogP) is 7.31. The van der Waals surface area contributed by atoms with E-state index in [4.69, 9.17) is 23.2 Å². The summed E-state index contributed by atoms with van der Waals surface area (Å²) >= 11 is 13.0. The van der Waals surface area contributed by atoms with Crippen LogP contribution in [-0.2, 0) is 13.0 Å². The number of aryl methyl sites for hydroxylation is 2. The zero-order valence-electron chi connectivity index (χ0n) is 21.0. The van der Waals surface area contributed by atoms with Gasteiger partial charge in [0.1, 0.15) is 0 Å². The van der Waals surface area contributed by atoms with Crippen LogP contribution in [0, 0.1) is 18.8 Å². The number of piperidine rings is 1. The topological polar surface area (TPSA) is 62.5 Å². The molecule has 0 spiro atoms. The molecule has 2 heterocycles. The van der Waals surface area contributed by atoms with Gasteiger partial charge in [0.05, 0.1) is 32.6 Å². The summed E-state index contributed by atoms with van der Waals surface area (Å²) in [7, 11) is 1.62. The van der Waals surface area contributed by atoms with E-state index < -0.39 is 11.7 Å². The largest absolute Gasteiger partial charge is 0.513 e. The lowest BCUT2D eigenvalue weighted by molar-refractivity contribution is 0.0175. The number of fused-ring (bicyclic) bond motifs is 1. The van der Waals surface area contributed by atoms with Crippen LogP contribution in [0.2, 0.25) is 10.0 Å². The highest BCUT2D eigenvalue weighted by Crippen LogP contribution is 2.36. The molecule has 0 saturated carbocycles. The molecule has 1 amide bonds. The van der Waals surface area contributed by atoms with E-state index in [1.807, 2.05) is 6.92 Å². The molecule has 2 aromatic carbocycles. The van der Waals surface area contributed by atoms with Crippen molar-refractivity contribution in [2.75, 3.05) is 13.1 Å². The van der Waals surface area contributed by atoms with E-state index in [1.54, 1.807) is 24.9 Å². The maximum atomic E-state index is 14.0. The third-order valence-corrected chi connectivity index (χ3v) is 7.98. The highest BCUT2D eigenvalue weighted by atomic mass is 35.5. The van der Waals surface area contributed by atoms with Gasteiger partial charge in [-0.05, 0) is 55.2 Å². The summed E-state index contributed by atoms with van der Waals surface area (Å²) in [5, 5.41) is 10.5. The summed E-state index contributed by atoms with van der Waals surface area (Å²) in [4.78, 5) is 28.7. The highest BCUT2D eigenvalue weighted by molar-refractivity contribution is 6.42. The maximum Gasteiger partial charge on any atom is 0.270 e. The molecule has 0 aliphatic carbocycles. The number of halogens is 4. The number of aromatic nitrogens is 1. The molecule has 4 rings (SSSR count). The number of ketones is 1. The van der Waals surface area contributed by atoms with Crippen molar-refractivity contribution in [1.29, 1.82) is 0 Å². The lowest BCUT2D eigenvalue weighted by Crippen LogP contribution is -2.43. The first-order valence-corrected chi connectivity index (χ1v) is 12.7. The van der Waals surface area contributed by atoms with E-state index in [9.17, 15) is 23.5 Å². The van der Waals surface area contributed by atoms with Crippen LogP contribution in [0.5, 0.6) is 0 Å². The third kappa shape index (κ3) is 4.87. The Balaban J connectivity index is 1.73. The van der Waals surface area contributed by atoms with Crippen molar-refractivity contribution in [3.05, 3.63) is 80.7 Å². The average Bonchev–Trinajstić information content (AvgIpc) is 3.15. The summed E-state index contributed by atoms with van der Waals surface area (Å²) in [6, 6.07) is 7.36. The van der Waals surface area contributed by atoms with Crippen molar-refractivity contribution < 1.29 is 23.5 Å². The van der Waals surface area contributed by atoms with Gasteiger partial charge in [-0.25, -0.2) is 8.78 Å². The van der Waals surface area contributed by atoms with Gasteiger partial charge in [0.2, 0.25) is 5.78 Å². The standard InChI is InChI=1S/C28H28Cl2F2N2O3/c1-14-10-17(28(4,31)32)11-22-20(14)12-23(33(22)5)26(36)24-21(29)7-6-19(25(24)30)27(37)34-9-8-18(16(3)35)15(2)13-34/h6-7,10-12,15,18,35H,3,8-9,13H2,1-2,4-5H3/t15-,18+/m1/s1. The second-order valence-corrected chi connectivity index (χ2v) is 10.7. The fourth-order valence-corrected chi connectivity index (χ4v) is 5.75. The molecular weight excluding hydrogens is 521 g/mol. The Morgan fingerprint density at radius 2 is 1.86 bits per heavy atom. The number of hydrogen-bond acceptors (Lipinski definition) is 3. The quantitative estimate of drug-likeness (QED) is 0.268. The number of carbonyl (C=O) groups is 2. The molecule has 1 N–H and O–H groups in total. The van der Waals surface area contributed by atoms with Gasteiger partial charge in [0.15, 0.2) is 0 Å². The van der Waals surface area contributed by atoms with Crippen LogP contribution in [0.1, 0.15) is 57.8 Å².